The lowest BCUT2D eigenvalue weighted by Gasteiger charge is -2.36. The maximum absolute atomic E-state index is 12.8. The normalized spacial score (nSPS) is 11.9. The zero-order valence-electron chi connectivity index (χ0n) is 21.0. The third kappa shape index (κ3) is 4.51. The molecule has 0 saturated carbocycles. The van der Waals surface area contributed by atoms with Crippen molar-refractivity contribution in [3.63, 3.8) is 0 Å². The monoisotopic (exact) mass is 550 g/mol. The van der Waals surface area contributed by atoms with E-state index in [9.17, 15) is 4.79 Å². The smallest absolute Gasteiger partial charge is 0.351 e. The van der Waals surface area contributed by atoms with Gasteiger partial charge in [0.2, 0.25) is 11.5 Å². The zero-order valence-corrected chi connectivity index (χ0v) is 23.6. The van der Waals surface area contributed by atoms with E-state index in [4.69, 9.17) is 27.8 Å². The molecule has 0 N–H and O–H groups in total. The molecule has 3 rings (SSSR count). The van der Waals surface area contributed by atoms with Crippen molar-refractivity contribution < 1.29 is 27.8 Å². The standard InChI is InChI=1S/C25H31BrO7Si/c1-25(2,3)34(8,9)33-17-12-14(10-11-16(17)28-4)19-15-13-18(29-5)22(30-6)23(31-7)21(15)32-24(27)20(19)26/h10-13H,1-9H3. The minimum atomic E-state index is -2.17. The number of hydrogen-bond acceptors (Lipinski definition) is 7. The summed E-state index contributed by atoms with van der Waals surface area (Å²) in [6, 6.07) is 7.36. The highest BCUT2D eigenvalue weighted by Gasteiger charge is 2.39. The highest BCUT2D eigenvalue weighted by molar-refractivity contribution is 9.10. The molecule has 184 valence electrons. The van der Waals surface area contributed by atoms with Crippen LogP contribution in [0.5, 0.6) is 28.7 Å². The van der Waals surface area contributed by atoms with Gasteiger partial charge in [0.05, 0.1) is 28.4 Å². The molecule has 3 aromatic rings. The lowest BCUT2D eigenvalue weighted by Crippen LogP contribution is -2.43. The third-order valence-electron chi connectivity index (χ3n) is 6.27. The van der Waals surface area contributed by atoms with E-state index < -0.39 is 13.9 Å². The maximum atomic E-state index is 12.8. The number of halogens is 1. The first-order valence-electron chi connectivity index (χ1n) is 10.7. The molecule has 0 radical (unpaired) electrons. The van der Waals surface area contributed by atoms with Crippen LogP contribution in [0.4, 0.5) is 0 Å². The molecule has 1 aromatic heterocycles. The summed E-state index contributed by atoms with van der Waals surface area (Å²) in [4.78, 5) is 12.8. The molecule has 0 aliphatic heterocycles. The first kappa shape index (κ1) is 26.0. The summed E-state index contributed by atoms with van der Waals surface area (Å²) in [5.41, 5.74) is 1.07. The molecule has 2 aromatic carbocycles. The fourth-order valence-corrected chi connectivity index (χ4v) is 4.94. The van der Waals surface area contributed by atoms with Gasteiger partial charge in [0.25, 0.3) is 8.32 Å². The summed E-state index contributed by atoms with van der Waals surface area (Å²) in [5, 5.41) is 0.608. The Morgan fingerprint density at radius 1 is 0.853 bits per heavy atom. The van der Waals surface area contributed by atoms with Crippen molar-refractivity contribution >= 4 is 35.2 Å². The van der Waals surface area contributed by atoms with E-state index in [1.165, 1.54) is 21.3 Å². The minimum absolute atomic E-state index is 0.00754. The van der Waals surface area contributed by atoms with Crippen LogP contribution in [0.3, 0.4) is 0 Å². The van der Waals surface area contributed by atoms with Gasteiger partial charge in [0.15, 0.2) is 17.1 Å². The van der Waals surface area contributed by atoms with Crippen LogP contribution in [-0.2, 0) is 0 Å². The van der Waals surface area contributed by atoms with Crippen LogP contribution in [-0.4, -0.2) is 36.8 Å². The van der Waals surface area contributed by atoms with E-state index in [-0.39, 0.29) is 20.8 Å². The van der Waals surface area contributed by atoms with Crippen molar-refractivity contribution in [1.29, 1.82) is 0 Å². The van der Waals surface area contributed by atoms with E-state index >= 15 is 0 Å². The number of hydrogen-bond donors (Lipinski definition) is 0. The quantitative estimate of drug-likeness (QED) is 0.241. The molecule has 0 fully saturated rings. The highest BCUT2D eigenvalue weighted by atomic mass is 79.9. The predicted molar refractivity (Wildman–Crippen MR) is 140 cm³/mol. The van der Waals surface area contributed by atoms with E-state index in [0.717, 1.165) is 5.56 Å². The third-order valence-corrected chi connectivity index (χ3v) is 11.3. The van der Waals surface area contributed by atoms with Crippen molar-refractivity contribution in [3.8, 4) is 39.9 Å². The van der Waals surface area contributed by atoms with Crippen molar-refractivity contribution in [2.75, 3.05) is 28.4 Å². The van der Waals surface area contributed by atoms with Gasteiger partial charge in [0, 0.05) is 10.9 Å². The molecule has 0 aliphatic rings. The summed E-state index contributed by atoms with van der Waals surface area (Å²) >= 11 is 3.44. The predicted octanol–water partition coefficient (Wildman–Crippen LogP) is 6.64. The van der Waals surface area contributed by atoms with Crippen molar-refractivity contribution in [1.82, 2.24) is 0 Å². The van der Waals surface area contributed by atoms with Gasteiger partial charge in [-0.05, 0) is 57.8 Å². The summed E-state index contributed by atoms with van der Waals surface area (Å²) in [6.45, 7) is 10.9. The Morgan fingerprint density at radius 2 is 1.47 bits per heavy atom. The van der Waals surface area contributed by atoms with Crippen LogP contribution in [0.15, 0.2) is 37.9 Å². The Kier molecular flexibility index (Phi) is 7.28. The molecule has 0 saturated heterocycles. The summed E-state index contributed by atoms with van der Waals surface area (Å²) in [5.74, 6) is 2.29. The number of ether oxygens (including phenoxy) is 4. The van der Waals surface area contributed by atoms with E-state index in [0.29, 0.717) is 33.9 Å². The van der Waals surface area contributed by atoms with Gasteiger partial charge >= 0.3 is 5.63 Å². The lowest BCUT2D eigenvalue weighted by molar-refractivity contribution is 0.323. The van der Waals surface area contributed by atoms with Crippen LogP contribution in [0, 0.1) is 0 Å². The van der Waals surface area contributed by atoms with Gasteiger partial charge in [-0.15, -0.1) is 0 Å². The van der Waals surface area contributed by atoms with Gasteiger partial charge in [-0.2, -0.15) is 0 Å². The average Bonchev–Trinajstić information content (AvgIpc) is 2.77. The Bertz CT molecular complexity index is 1280. The summed E-state index contributed by atoms with van der Waals surface area (Å²) in [7, 11) is 3.96. The van der Waals surface area contributed by atoms with Gasteiger partial charge < -0.3 is 27.8 Å². The molecule has 7 nitrogen and oxygen atoms in total. The number of methoxy groups -OCH3 is 4. The molecule has 0 spiro atoms. The number of rotatable bonds is 7. The largest absolute Gasteiger partial charge is 0.541 e. The minimum Gasteiger partial charge on any atom is -0.541 e. The fraction of sp³-hybridized carbons (Fsp3) is 0.400. The van der Waals surface area contributed by atoms with Gasteiger partial charge in [-0.25, -0.2) is 4.79 Å². The Morgan fingerprint density at radius 3 is 2.00 bits per heavy atom. The van der Waals surface area contributed by atoms with E-state index in [2.05, 4.69) is 49.8 Å². The van der Waals surface area contributed by atoms with Gasteiger partial charge in [-0.3, -0.25) is 0 Å². The second-order valence-corrected chi connectivity index (χ2v) is 14.8. The van der Waals surface area contributed by atoms with Crippen LogP contribution < -0.4 is 29.0 Å². The number of fused-ring (bicyclic) bond motifs is 1. The van der Waals surface area contributed by atoms with Gasteiger partial charge in [-0.1, -0.05) is 26.8 Å². The van der Waals surface area contributed by atoms with Crippen LogP contribution in [0.2, 0.25) is 18.1 Å². The summed E-state index contributed by atoms with van der Waals surface area (Å²) < 4.78 is 34.6. The first-order chi connectivity index (χ1) is 15.9. The molecule has 0 amide bonds. The average molecular weight is 552 g/mol. The van der Waals surface area contributed by atoms with E-state index in [1.807, 2.05) is 18.2 Å². The molecular formula is C25H31BrO7Si. The van der Waals surface area contributed by atoms with Crippen molar-refractivity contribution in [2.24, 2.45) is 0 Å². The lowest BCUT2D eigenvalue weighted by atomic mass is 10.0. The number of benzene rings is 2. The molecule has 0 unspecified atom stereocenters. The van der Waals surface area contributed by atoms with Crippen LogP contribution >= 0.6 is 15.9 Å². The van der Waals surface area contributed by atoms with Crippen LogP contribution in [0.1, 0.15) is 20.8 Å². The molecule has 9 heteroatoms. The molecular weight excluding hydrogens is 520 g/mol. The molecule has 0 aliphatic carbocycles. The molecule has 34 heavy (non-hydrogen) atoms. The van der Waals surface area contributed by atoms with E-state index in [1.54, 1.807) is 13.2 Å². The molecule has 0 atom stereocenters. The maximum Gasteiger partial charge on any atom is 0.351 e. The zero-order chi connectivity index (χ0) is 25.4. The topological polar surface area (TPSA) is 76.4 Å². The fourth-order valence-electron chi connectivity index (χ4n) is 3.40. The van der Waals surface area contributed by atoms with Crippen molar-refractivity contribution in [2.45, 2.75) is 38.9 Å². The molecule has 1 heterocycles. The highest BCUT2D eigenvalue weighted by Crippen LogP contribution is 2.48. The summed E-state index contributed by atoms with van der Waals surface area (Å²) in [6.07, 6.45) is 0. The second-order valence-electron chi connectivity index (χ2n) is 9.33. The molecule has 0 bridgehead atoms. The first-order valence-corrected chi connectivity index (χ1v) is 14.4. The Hall–Kier alpha value is -2.65. The SMILES string of the molecule is COc1ccc(-c2c(Br)c(=O)oc3c(OC)c(OC)c(OC)cc23)cc1O[Si](C)(C)C(C)(C)C. The second kappa shape index (κ2) is 9.54. The Balaban J connectivity index is 2.36. The van der Waals surface area contributed by atoms with Crippen molar-refractivity contribution in [3.05, 3.63) is 39.2 Å². The van der Waals surface area contributed by atoms with Gasteiger partial charge in [0.1, 0.15) is 10.2 Å². The Labute approximate surface area is 209 Å². The van der Waals surface area contributed by atoms with Crippen LogP contribution in [0.25, 0.3) is 22.1 Å².